The lowest BCUT2D eigenvalue weighted by Gasteiger charge is -2.04. The maximum Gasteiger partial charge on any atom is 0.234 e. The van der Waals surface area contributed by atoms with Gasteiger partial charge < -0.3 is 4.52 Å². The molecule has 0 aliphatic heterocycles. The van der Waals surface area contributed by atoms with E-state index in [0.717, 1.165) is 42.7 Å². The first-order valence-electron chi connectivity index (χ1n) is 7.69. The first kappa shape index (κ1) is 15.2. The number of carbonyl (C=O) groups is 1. The molecular weight excluding hydrogens is 296 g/mol. The topological polar surface area (TPSA) is 55.1 Å². The largest absolute Gasteiger partial charge is 0.338 e. The van der Waals surface area contributed by atoms with Crippen molar-refractivity contribution in [2.75, 3.05) is 11.1 Å². The fraction of sp³-hybridized carbons (Fsp3) is 0.412. The Bertz CT molecular complexity index is 649. The Balaban J connectivity index is 1.40. The summed E-state index contributed by atoms with van der Waals surface area (Å²) >= 11 is 1.78. The number of amides is 1. The molecule has 1 aliphatic rings. The van der Waals surface area contributed by atoms with Crippen LogP contribution in [0, 0.1) is 6.92 Å². The van der Waals surface area contributed by atoms with E-state index in [1.54, 1.807) is 11.8 Å². The van der Waals surface area contributed by atoms with Gasteiger partial charge in [-0.3, -0.25) is 10.1 Å². The monoisotopic (exact) mass is 316 g/mol. The van der Waals surface area contributed by atoms with Gasteiger partial charge in [-0.1, -0.05) is 22.9 Å². The van der Waals surface area contributed by atoms with Gasteiger partial charge in [0.15, 0.2) is 0 Å². The molecule has 116 valence electrons. The second kappa shape index (κ2) is 7.01. The molecule has 0 atom stereocenters. The molecule has 0 bridgehead atoms. The fourth-order valence-electron chi connectivity index (χ4n) is 2.57. The molecule has 1 aromatic heterocycles. The van der Waals surface area contributed by atoms with Crippen LogP contribution in [0.1, 0.15) is 36.1 Å². The Morgan fingerprint density at radius 3 is 2.95 bits per heavy atom. The third-order valence-electron chi connectivity index (χ3n) is 3.80. The van der Waals surface area contributed by atoms with Crippen molar-refractivity contribution in [3.05, 3.63) is 41.1 Å². The highest BCUT2D eigenvalue weighted by Crippen LogP contribution is 2.28. The zero-order chi connectivity index (χ0) is 15.4. The maximum absolute atomic E-state index is 12.0. The molecule has 4 nitrogen and oxygen atoms in total. The Kier molecular flexibility index (Phi) is 4.83. The summed E-state index contributed by atoms with van der Waals surface area (Å²) in [5.74, 6) is 1.50. The molecule has 1 heterocycles. The van der Waals surface area contributed by atoms with Crippen molar-refractivity contribution in [3.63, 3.8) is 0 Å². The first-order chi connectivity index (χ1) is 10.7. The molecule has 0 saturated heterocycles. The number of nitrogens with zero attached hydrogens (tertiary/aromatic N) is 1. The zero-order valence-electron chi connectivity index (χ0n) is 12.7. The van der Waals surface area contributed by atoms with Crippen LogP contribution in [0.15, 0.2) is 33.7 Å². The first-order valence-corrected chi connectivity index (χ1v) is 8.67. The van der Waals surface area contributed by atoms with Crippen molar-refractivity contribution in [3.8, 4) is 0 Å². The average Bonchev–Trinajstić information content (AvgIpc) is 3.11. The standard InChI is InChI=1S/C17H20N2O2S/c1-12-7-9-13(10-8-12)22-11-3-6-16(20)18-17-14-4-2-5-15(14)19-21-17/h7-10H,2-6,11H2,1H3,(H,18,20). The summed E-state index contributed by atoms with van der Waals surface area (Å²) in [5, 5.41) is 6.85. The lowest BCUT2D eigenvalue weighted by molar-refractivity contribution is -0.116. The third-order valence-corrected chi connectivity index (χ3v) is 4.90. The van der Waals surface area contributed by atoms with Crippen molar-refractivity contribution in [2.24, 2.45) is 0 Å². The van der Waals surface area contributed by atoms with Crippen molar-refractivity contribution in [1.82, 2.24) is 5.16 Å². The molecule has 0 saturated carbocycles. The highest BCUT2D eigenvalue weighted by molar-refractivity contribution is 7.99. The number of rotatable bonds is 6. The molecule has 0 radical (unpaired) electrons. The van der Waals surface area contributed by atoms with Crippen LogP contribution in [0.5, 0.6) is 0 Å². The number of carbonyl (C=O) groups excluding carboxylic acids is 1. The van der Waals surface area contributed by atoms with Crippen LogP contribution in [0.4, 0.5) is 5.88 Å². The fourth-order valence-corrected chi connectivity index (χ4v) is 3.43. The Hall–Kier alpha value is -1.75. The Morgan fingerprint density at radius 2 is 2.14 bits per heavy atom. The maximum atomic E-state index is 12.0. The van der Waals surface area contributed by atoms with Gasteiger partial charge in [-0.2, -0.15) is 0 Å². The molecule has 1 aliphatic carbocycles. The van der Waals surface area contributed by atoms with Gasteiger partial charge in [0.1, 0.15) is 0 Å². The number of aromatic nitrogens is 1. The SMILES string of the molecule is Cc1ccc(SCCCC(=O)Nc2onc3c2CCC3)cc1. The van der Waals surface area contributed by atoms with Crippen LogP contribution in [0.3, 0.4) is 0 Å². The van der Waals surface area contributed by atoms with Gasteiger partial charge in [0.2, 0.25) is 11.8 Å². The Morgan fingerprint density at radius 1 is 1.32 bits per heavy atom. The number of hydrogen-bond acceptors (Lipinski definition) is 4. The summed E-state index contributed by atoms with van der Waals surface area (Å²) in [5.41, 5.74) is 3.36. The molecule has 0 unspecified atom stereocenters. The predicted molar refractivity (Wildman–Crippen MR) is 88.3 cm³/mol. The summed E-state index contributed by atoms with van der Waals surface area (Å²) < 4.78 is 5.21. The summed E-state index contributed by atoms with van der Waals surface area (Å²) in [6.07, 6.45) is 4.37. The van der Waals surface area contributed by atoms with Crippen LogP contribution in [-0.2, 0) is 17.6 Å². The molecule has 1 aromatic carbocycles. The number of aryl methyl sites for hydroxylation is 2. The van der Waals surface area contributed by atoms with E-state index in [4.69, 9.17) is 4.52 Å². The summed E-state index contributed by atoms with van der Waals surface area (Å²) in [6.45, 7) is 2.08. The number of benzene rings is 1. The van der Waals surface area contributed by atoms with Crippen LogP contribution >= 0.6 is 11.8 Å². The minimum atomic E-state index is 0.00959. The number of fused-ring (bicyclic) bond motifs is 1. The highest BCUT2D eigenvalue weighted by atomic mass is 32.2. The van der Waals surface area contributed by atoms with Gasteiger partial charge >= 0.3 is 0 Å². The molecule has 0 fully saturated rings. The van der Waals surface area contributed by atoms with E-state index in [1.807, 2.05) is 0 Å². The van der Waals surface area contributed by atoms with Crippen molar-refractivity contribution >= 4 is 23.6 Å². The minimum absolute atomic E-state index is 0.00959. The van der Waals surface area contributed by atoms with Crippen LogP contribution in [-0.4, -0.2) is 16.8 Å². The Labute approximate surface area is 134 Å². The molecular formula is C17H20N2O2S. The number of anilines is 1. The number of thioether (sulfide) groups is 1. The zero-order valence-corrected chi connectivity index (χ0v) is 13.5. The minimum Gasteiger partial charge on any atom is -0.338 e. The second-order valence-electron chi connectivity index (χ2n) is 5.60. The number of hydrogen-bond donors (Lipinski definition) is 1. The van der Waals surface area contributed by atoms with Gasteiger partial charge in [-0.05, 0) is 50.5 Å². The molecule has 2 aromatic rings. The van der Waals surface area contributed by atoms with E-state index in [9.17, 15) is 4.79 Å². The van der Waals surface area contributed by atoms with Gasteiger partial charge in [0.05, 0.1) is 5.69 Å². The normalized spacial score (nSPS) is 13.1. The lowest BCUT2D eigenvalue weighted by atomic mass is 10.2. The van der Waals surface area contributed by atoms with Crippen molar-refractivity contribution in [1.29, 1.82) is 0 Å². The lowest BCUT2D eigenvalue weighted by Crippen LogP contribution is -2.12. The van der Waals surface area contributed by atoms with Gasteiger partial charge in [-0.25, -0.2) is 0 Å². The van der Waals surface area contributed by atoms with Gasteiger partial charge in [0, 0.05) is 16.9 Å². The van der Waals surface area contributed by atoms with E-state index in [0.29, 0.717) is 12.3 Å². The molecule has 0 spiro atoms. The molecule has 5 heteroatoms. The van der Waals surface area contributed by atoms with Crippen LogP contribution in [0.2, 0.25) is 0 Å². The predicted octanol–water partition coefficient (Wildman–Crippen LogP) is 3.98. The molecule has 1 N–H and O–H groups in total. The smallest absolute Gasteiger partial charge is 0.234 e. The third kappa shape index (κ3) is 3.71. The van der Waals surface area contributed by atoms with E-state index < -0.39 is 0 Å². The van der Waals surface area contributed by atoms with Crippen LogP contribution < -0.4 is 5.32 Å². The van der Waals surface area contributed by atoms with Gasteiger partial charge in [0.25, 0.3) is 0 Å². The van der Waals surface area contributed by atoms with Crippen molar-refractivity contribution in [2.45, 2.75) is 43.9 Å². The van der Waals surface area contributed by atoms with E-state index >= 15 is 0 Å². The van der Waals surface area contributed by atoms with E-state index in [-0.39, 0.29) is 5.91 Å². The summed E-state index contributed by atoms with van der Waals surface area (Å²) in [7, 11) is 0. The van der Waals surface area contributed by atoms with E-state index in [1.165, 1.54) is 10.5 Å². The van der Waals surface area contributed by atoms with Crippen LogP contribution in [0.25, 0.3) is 0 Å². The van der Waals surface area contributed by atoms with Gasteiger partial charge in [-0.15, -0.1) is 11.8 Å². The molecule has 1 amide bonds. The van der Waals surface area contributed by atoms with Crippen molar-refractivity contribution < 1.29 is 9.32 Å². The summed E-state index contributed by atoms with van der Waals surface area (Å²) in [6, 6.07) is 8.47. The summed E-state index contributed by atoms with van der Waals surface area (Å²) in [4.78, 5) is 13.2. The second-order valence-corrected chi connectivity index (χ2v) is 6.77. The number of nitrogens with one attached hydrogen (secondary N) is 1. The quantitative estimate of drug-likeness (QED) is 0.647. The molecule has 3 rings (SSSR count). The average molecular weight is 316 g/mol. The van der Waals surface area contributed by atoms with E-state index in [2.05, 4.69) is 41.7 Å². The molecule has 22 heavy (non-hydrogen) atoms. The highest BCUT2D eigenvalue weighted by Gasteiger charge is 2.21.